The number of hydrogen-bond donors (Lipinski definition) is 3. The predicted molar refractivity (Wildman–Crippen MR) is 110 cm³/mol. The summed E-state index contributed by atoms with van der Waals surface area (Å²) in [5, 5.41) is 11.4. The molecule has 2 aromatic heterocycles. The smallest absolute Gasteiger partial charge is 0.170 e. The van der Waals surface area contributed by atoms with Crippen molar-refractivity contribution in [2.45, 2.75) is 6.54 Å². The van der Waals surface area contributed by atoms with Crippen LogP contribution in [0.15, 0.2) is 54.9 Å². The van der Waals surface area contributed by atoms with E-state index in [1.807, 2.05) is 50.7 Å². The first-order valence-corrected chi connectivity index (χ1v) is 8.87. The zero-order chi connectivity index (χ0) is 18.8. The molecule has 1 aliphatic heterocycles. The summed E-state index contributed by atoms with van der Waals surface area (Å²) in [5.41, 5.74) is 8.42. The number of rotatable bonds is 5. The Hall–Kier alpha value is -3.32. The molecule has 7 nitrogen and oxygen atoms in total. The second-order valence-electron chi connectivity index (χ2n) is 6.41. The molecular weight excluding hydrogens is 338 g/mol. The number of pyridine rings is 2. The Bertz CT molecular complexity index is 999. The van der Waals surface area contributed by atoms with Crippen LogP contribution in [-0.2, 0) is 6.54 Å². The fourth-order valence-electron chi connectivity index (χ4n) is 3.27. The maximum atomic E-state index is 4.87. The van der Waals surface area contributed by atoms with Crippen LogP contribution in [0.2, 0.25) is 0 Å². The average molecular weight is 361 g/mol. The first-order valence-electron chi connectivity index (χ1n) is 8.87. The molecule has 3 N–H and O–H groups in total. The first-order chi connectivity index (χ1) is 13.2. The van der Waals surface area contributed by atoms with Gasteiger partial charge in [-0.25, -0.2) is 4.98 Å². The van der Waals surface area contributed by atoms with Crippen molar-refractivity contribution in [3.63, 3.8) is 0 Å². The number of hydrogen-bond acceptors (Lipinski definition) is 7. The minimum absolute atomic E-state index is 0.698. The molecule has 3 aromatic rings. The molecule has 3 heterocycles. The van der Waals surface area contributed by atoms with Crippen LogP contribution in [0.3, 0.4) is 0 Å². The maximum absolute atomic E-state index is 4.87. The average Bonchev–Trinajstić information content (AvgIpc) is 3.01. The van der Waals surface area contributed by atoms with E-state index in [-0.39, 0.29) is 0 Å². The minimum Gasteiger partial charge on any atom is -0.392 e. The van der Waals surface area contributed by atoms with Crippen LogP contribution < -0.4 is 26.2 Å². The van der Waals surface area contributed by atoms with Crippen LogP contribution in [0, 0.1) is 0 Å². The minimum atomic E-state index is 0.698. The Balaban J connectivity index is 1.66. The Morgan fingerprint density at radius 1 is 1.19 bits per heavy atom. The highest BCUT2D eigenvalue weighted by atomic mass is 15.8. The molecule has 0 unspecified atom stereocenters. The summed E-state index contributed by atoms with van der Waals surface area (Å²) in [6.45, 7) is 0.698. The predicted octanol–water partition coefficient (Wildman–Crippen LogP) is 2.24. The molecule has 27 heavy (non-hydrogen) atoms. The molecule has 0 bridgehead atoms. The van der Waals surface area contributed by atoms with E-state index in [1.54, 1.807) is 0 Å². The molecule has 0 atom stereocenters. The van der Waals surface area contributed by atoms with E-state index in [2.05, 4.69) is 56.5 Å². The quantitative estimate of drug-likeness (QED) is 0.644. The third-order valence-electron chi connectivity index (χ3n) is 4.58. The fraction of sp³-hybridized carbons (Fsp3) is 0.200. The third-order valence-corrected chi connectivity index (χ3v) is 4.58. The van der Waals surface area contributed by atoms with Crippen LogP contribution in [-0.4, -0.2) is 31.1 Å². The Morgan fingerprint density at radius 3 is 2.89 bits per heavy atom. The van der Waals surface area contributed by atoms with Crippen molar-refractivity contribution in [3.8, 4) is 0 Å². The molecule has 0 saturated carbocycles. The number of fused-ring (bicyclic) bond motifs is 2. The van der Waals surface area contributed by atoms with E-state index < -0.39 is 0 Å². The Morgan fingerprint density at radius 2 is 2.07 bits per heavy atom. The lowest BCUT2D eigenvalue weighted by atomic mass is 10.1. The van der Waals surface area contributed by atoms with Gasteiger partial charge in [0.2, 0.25) is 0 Å². The van der Waals surface area contributed by atoms with Crippen molar-refractivity contribution < 1.29 is 0 Å². The van der Waals surface area contributed by atoms with E-state index >= 15 is 0 Å². The van der Waals surface area contributed by atoms with Gasteiger partial charge in [-0.15, -0.1) is 5.53 Å². The van der Waals surface area contributed by atoms with Crippen molar-refractivity contribution >= 4 is 28.1 Å². The fourth-order valence-corrected chi connectivity index (χ4v) is 3.27. The normalized spacial score (nSPS) is 13.8. The lowest BCUT2D eigenvalue weighted by Crippen LogP contribution is -2.41. The molecule has 0 saturated heterocycles. The standard InChI is InChI=1S/C20H23N7/c1-21-12-18(22-2)17-8-9-19-20(24-17)27(25-26(19)3)13-14-6-7-16-15(11-14)5-4-10-23-16/h4-12,21-22,25H,13H2,1-3H3/b18-12-. The zero-order valence-corrected chi connectivity index (χ0v) is 15.7. The monoisotopic (exact) mass is 361 g/mol. The van der Waals surface area contributed by atoms with E-state index in [4.69, 9.17) is 4.98 Å². The van der Waals surface area contributed by atoms with Gasteiger partial charge in [0.25, 0.3) is 0 Å². The number of nitrogens with zero attached hydrogens (tertiary/aromatic N) is 4. The number of benzene rings is 1. The van der Waals surface area contributed by atoms with Gasteiger partial charge in [0, 0.05) is 38.9 Å². The molecule has 1 aliphatic rings. The molecular formula is C20H23N7. The molecule has 0 fully saturated rings. The second-order valence-corrected chi connectivity index (χ2v) is 6.41. The summed E-state index contributed by atoms with van der Waals surface area (Å²) in [7, 11) is 5.76. The summed E-state index contributed by atoms with van der Waals surface area (Å²) in [4.78, 5) is 9.26. The van der Waals surface area contributed by atoms with Gasteiger partial charge in [-0.3, -0.25) is 15.0 Å². The molecule has 0 radical (unpaired) electrons. The molecule has 138 valence electrons. The van der Waals surface area contributed by atoms with Crippen molar-refractivity contribution in [2.24, 2.45) is 0 Å². The number of aromatic nitrogens is 2. The van der Waals surface area contributed by atoms with Crippen molar-refractivity contribution in [1.82, 2.24) is 26.1 Å². The van der Waals surface area contributed by atoms with Gasteiger partial charge >= 0.3 is 0 Å². The van der Waals surface area contributed by atoms with Gasteiger partial charge in [-0.05, 0) is 35.9 Å². The molecule has 1 aromatic carbocycles. The third kappa shape index (κ3) is 3.24. The van der Waals surface area contributed by atoms with Gasteiger partial charge in [0.05, 0.1) is 29.1 Å². The highest BCUT2D eigenvalue weighted by molar-refractivity contribution is 5.79. The lowest BCUT2D eigenvalue weighted by Gasteiger charge is -2.20. The van der Waals surface area contributed by atoms with Crippen LogP contribution in [0.5, 0.6) is 0 Å². The molecule has 0 aliphatic carbocycles. The van der Waals surface area contributed by atoms with Gasteiger partial charge in [-0.2, -0.15) is 0 Å². The topological polar surface area (TPSA) is 68.3 Å². The number of anilines is 2. The Kier molecular flexibility index (Phi) is 4.52. The summed E-state index contributed by atoms with van der Waals surface area (Å²) in [5.74, 6) is 0.901. The van der Waals surface area contributed by atoms with E-state index in [0.717, 1.165) is 33.8 Å². The molecule has 0 amide bonds. The summed E-state index contributed by atoms with van der Waals surface area (Å²) in [6.07, 6.45) is 3.72. The summed E-state index contributed by atoms with van der Waals surface area (Å²) in [6, 6.07) is 14.5. The highest BCUT2D eigenvalue weighted by Crippen LogP contribution is 2.32. The van der Waals surface area contributed by atoms with Crippen LogP contribution >= 0.6 is 0 Å². The van der Waals surface area contributed by atoms with E-state index in [9.17, 15) is 0 Å². The number of nitrogens with one attached hydrogen (secondary N) is 3. The summed E-state index contributed by atoms with van der Waals surface area (Å²) >= 11 is 0. The SMILES string of the molecule is CN/C=C(\NC)c1ccc2c(n1)N(Cc1ccc3ncccc3c1)NN2C. The summed E-state index contributed by atoms with van der Waals surface area (Å²) < 4.78 is 0. The Labute approximate surface area is 158 Å². The largest absolute Gasteiger partial charge is 0.392 e. The zero-order valence-electron chi connectivity index (χ0n) is 15.7. The highest BCUT2D eigenvalue weighted by Gasteiger charge is 2.25. The first kappa shape index (κ1) is 17.1. The van der Waals surface area contributed by atoms with Gasteiger partial charge in [-0.1, -0.05) is 12.1 Å². The maximum Gasteiger partial charge on any atom is 0.170 e. The van der Waals surface area contributed by atoms with E-state index in [1.165, 1.54) is 5.56 Å². The molecule has 4 rings (SSSR count). The van der Waals surface area contributed by atoms with Crippen LogP contribution in [0.4, 0.5) is 11.5 Å². The lowest BCUT2D eigenvalue weighted by molar-refractivity contribution is 0.645. The van der Waals surface area contributed by atoms with Gasteiger partial charge < -0.3 is 10.6 Å². The van der Waals surface area contributed by atoms with Gasteiger partial charge in [0.1, 0.15) is 0 Å². The van der Waals surface area contributed by atoms with Crippen molar-refractivity contribution in [2.75, 3.05) is 31.2 Å². The molecule has 0 spiro atoms. The van der Waals surface area contributed by atoms with Crippen LogP contribution in [0.1, 0.15) is 11.3 Å². The van der Waals surface area contributed by atoms with Gasteiger partial charge in [0.15, 0.2) is 5.82 Å². The van der Waals surface area contributed by atoms with Crippen LogP contribution in [0.25, 0.3) is 16.6 Å². The van der Waals surface area contributed by atoms with Crippen molar-refractivity contribution in [1.29, 1.82) is 0 Å². The molecule has 7 heteroatoms. The van der Waals surface area contributed by atoms with E-state index in [0.29, 0.717) is 6.54 Å². The second kappa shape index (κ2) is 7.13. The number of hydrazine groups is 2. The van der Waals surface area contributed by atoms with Crippen molar-refractivity contribution in [3.05, 3.63) is 66.1 Å².